The zero-order chi connectivity index (χ0) is 14.9. The topological polar surface area (TPSA) is 87.6 Å². The minimum absolute atomic E-state index is 0.111. The molecule has 1 aromatic rings. The van der Waals surface area contributed by atoms with Crippen LogP contribution in [0.1, 0.15) is 19.8 Å². The van der Waals surface area contributed by atoms with Gasteiger partial charge in [0.1, 0.15) is 16.8 Å². The molecular formula is C12H15FN2O4S. The molecule has 1 aromatic heterocycles. The second-order valence-corrected chi connectivity index (χ2v) is 6.75. The number of aliphatic carboxylic acids is 1. The third kappa shape index (κ3) is 2.66. The van der Waals surface area contributed by atoms with Crippen LogP contribution in [-0.2, 0) is 14.8 Å². The number of carboxylic acid groups (broad SMARTS) is 1. The molecule has 20 heavy (non-hydrogen) atoms. The lowest BCUT2D eigenvalue weighted by Crippen LogP contribution is -2.51. The first-order chi connectivity index (χ1) is 9.34. The number of carboxylic acids is 1. The summed E-state index contributed by atoms with van der Waals surface area (Å²) >= 11 is 0. The Morgan fingerprint density at radius 3 is 2.80 bits per heavy atom. The van der Waals surface area contributed by atoms with Gasteiger partial charge in [0.15, 0.2) is 0 Å². The van der Waals surface area contributed by atoms with Crippen LogP contribution in [0.4, 0.5) is 4.39 Å². The normalized spacial score (nSPS) is 24.5. The molecule has 0 aliphatic carbocycles. The Bertz CT molecular complexity index is 620. The van der Waals surface area contributed by atoms with Crippen molar-refractivity contribution in [2.75, 3.05) is 6.54 Å². The number of nitrogens with zero attached hydrogens (tertiary/aromatic N) is 2. The van der Waals surface area contributed by atoms with Crippen LogP contribution in [0, 0.1) is 11.7 Å². The summed E-state index contributed by atoms with van der Waals surface area (Å²) in [4.78, 5) is 14.5. The van der Waals surface area contributed by atoms with Gasteiger partial charge >= 0.3 is 5.97 Å². The van der Waals surface area contributed by atoms with E-state index in [9.17, 15) is 22.7 Å². The summed E-state index contributed by atoms with van der Waals surface area (Å²) in [7, 11) is -4.06. The summed E-state index contributed by atoms with van der Waals surface area (Å²) in [5.41, 5.74) is 0. The minimum atomic E-state index is -4.06. The summed E-state index contributed by atoms with van der Waals surface area (Å²) in [6.07, 6.45) is 3.14. The number of hydrogen-bond donors (Lipinski definition) is 1. The molecule has 1 aliphatic rings. The molecule has 0 radical (unpaired) electrons. The van der Waals surface area contributed by atoms with Crippen molar-refractivity contribution in [2.45, 2.75) is 30.7 Å². The highest BCUT2D eigenvalue weighted by Crippen LogP contribution is 2.29. The number of aromatic nitrogens is 1. The maximum absolute atomic E-state index is 13.1. The van der Waals surface area contributed by atoms with Gasteiger partial charge in [-0.25, -0.2) is 12.8 Å². The monoisotopic (exact) mass is 302 g/mol. The fraction of sp³-hybridized carbons (Fsp3) is 0.500. The van der Waals surface area contributed by atoms with Gasteiger partial charge in [-0.3, -0.25) is 9.78 Å². The SMILES string of the molecule is CC1CCCN(S(=O)(=O)c2cncc(F)c2)C1C(=O)O. The van der Waals surface area contributed by atoms with E-state index in [0.717, 1.165) is 22.8 Å². The Kier molecular flexibility index (Phi) is 4.05. The Morgan fingerprint density at radius 1 is 1.50 bits per heavy atom. The Hall–Kier alpha value is -1.54. The second kappa shape index (κ2) is 5.45. The van der Waals surface area contributed by atoms with Crippen molar-refractivity contribution in [3.63, 3.8) is 0 Å². The smallest absolute Gasteiger partial charge is 0.322 e. The molecule has 0 amide bonds. The summed E-state index contributed by atoms with van der Waals surface area (Å²) < 4.78 is 39.0. The zero-order valence-corrected chi connectivity index (χ0v) is 11.7. The molecule has 110 valence electrons. The van der Waals surface area contributed by atoms with Crippen LogP contribution in [-0.4, -0.2) is 41.4 Å². The summed E-state index contributed by atoms with van der Waals surface area (Å²) in [6, 6.07) is -0.280. The minimum Gasteiger partial charge on any atom is -0.480 e. The van der Waals surface area contributed by atoms with E-state index in [1.807, 2.05) is 0 Å². The quantitative estimate of drug-likeness (QED) is 0.903. The van der Waals surface area contributed by atoms with Crippen molar-refractivity contribution in [1.82, 2.24) is 9.29 Å². The van der Waals surface area contributed by atoms with Crippen LogP contribution in [0.15, 0.2) is 23.4 Å². The predicted molar refractivity (Wildman–Crippen MR) is 67.9 cm³/mol. The van der Waals surface area contributed by atoms with Gasteiger partial charge in [-0.05, 0) is 24.8 Å². The van der Waals surface area contributed by atoms with Gasteiger partial charge < -0.3 is 5.11 Å². The van der Waals surface area contributed by atoms with Crippen molar-refractivity contribution in [3.8, 4) is 0 Å². The molecule has 0 bridgehead atoms. The van der Waals surface area contributed by atoms with Gasteiger partial charge in [0.25, 0.3) is 0 Å². The second-order valence-electron chi connectivity index (χ2n) is 4.86. The third-order valence-electron chi connectivity index (χ3n) is 3.43. The lowest BCUT2D eigenvalue weighted by molar-refractivity contribution is -0.144. The van der Waals surface area contributed by atoms with E-state index in [1.165, 1.54) is 0 Å². The van der Waals surface area contributed by atoms with Crippen LogP contribution < -0.4 is 0 Å². The predicted octanol–water partition coefficient (Wildman–Crippen LogP) is 1.09. The highest BCUT2D eigenvalue weighted by atomic mass is 32.2. The average molecular weight is 302 g/mol. The van der Waals surface area contributed by atoms with E-state index >= 15 is 0 Å². The average Bonchev–Trinajstić information content (AvgIpc) is 2.38. The molecular weight excluding hydrogens is 287 g/mol. The van der Waals surface area contributed by atoms with Crippen LogP contribution in [0.25, 0.3) is 0 Å². The van der Waals surface area contributed by atoms with Gasteiger partial charge in [-0.15, -0.1) is 0 Å². The zero-order valence-electron chi connectivity index (χ0n) is 10.9. The Balaban J connectivity index is 2.44. The van der Waals surface area contributed by atoms with Gasteiger partial charge in [-0.2, -0.15) is 4.31 Å². The number of carbonyl (C=O) groups is 1. The Labute approximate surface area is 116 Å². The molecule has 2 rings (SSSR count). The summed E-state index contributed by atoms with van der Waals surface area (Å²) in [6.45, 7) is 1.81. The first kappa shape index (κ1) is 14.9. The molecule has 1 saturated heterocycles. The van der Waals surface area contributed by atoms with E-state index in [-0.39, 0.29) is 17.4 Å². The lowest BCUT2D eigenvalue weighted by Gasteiger charge is -2.36. The molecule has 1 aliphatic heterocycles. The van der Waals surface area contributed by atoms with Crippen molar-refractivity contribution in [3.05, 3.63) is 24.3 Å². The van der Waals surface area contributed by atoms with Crippen molar-refractivity contribution in [1.29, 1.82) is 0 Å². The number of hydrogen-bond acceptors (Lipinski definition) is 4. The van der Waals surface area contributed by atoms with Gasteiger partial charge in [0.05, 0.1) is 6.20 Å². The van der Waals surface area contributed by atoms with Gasteiger partial charge in [0.2, 0.25) is 10.0 Å². The largest absolute Gasteiger partial charge is 0.480 e. The molecule has 8 heteroatoms. The molecule has 2 atom stereocenters. The maximum atomic E-state index is 13.1. The molecule has 0 saturated carbocycles. The number of pyridine rings is 1. The fourth-order valence-electron chi connectivity index (χ4n) is 2.45. The molecule has 0 spiro atoms. The number of halogens is 1. The molecule has 2 heterocycles. The Morgan fingerprint density at radius 2 is 2.20 bits per heavy atom. The lowest BCUT2D eigenvalue weighted by atomic mass is 9.93. The first-order valence-corrected chi connectivity index (χ1v) is 7.63. The molecule has 2 unspecified atom stereocenters. The summed E-state index contributed by atoms with van der Waals surface area (Å²) in [5.74, 6) is -2.26. The third-order valence-corrected chi connectivity index (χ3v) is 5.27. The maximum Gasteiger partial charge on any atom is 0.322 e. The van der Waals surface area contributed by atoms with Crippen LogP contribution in [0.2, 0.25) is 0 Å². The van der Waals surface area contributed by atoms with E-state index in [0.29, 0.717) is 12.8 Å². The van der Waals surface area contributed by atoms with Crippen LogP contribution in [0.3, 0.4) is 0 Å². The van der Waals surface area contributed by atoms with Crippen molar-refractivity contribution < 1.29 is 22.7 Å². The molecule has 6 nitrogen and oxygen atoms in total. The van der Waals surface area contributed by atoms with Crippen molar-refractivity contribution in [2.24, 2.45) is 5.92 Å². The van der Waals surface area contributed by atoms with Gasteiger partial charge in [-0.1, -0.05) is 6.92 Å². The number of piperidine rings is 1. The van der Waals surface area contributed by atoms with Crippen LogP contribution in [0.5, 0.6) is 0 Å². The van der Waals surface area contributed by atoms with Crippen molar-refractivity contribution >= 4 is 16.0 Å². The first-order valence-electron chi connectivity index (χ1n) is 6.19. The highest BCUT2D eigenvalue weighted by molar-refractivity contribution is 7.89. The number of rotatable bonds is 3. The van der Waals surface area contributed by atoms with E-state index in [1.54, 1.807) is 6.92 Å². The standard InChI is InChI=1S/C12H15FN2O4S/c1-8-3-2-4-15(11(8)12(16)17)20(18,19)10-5-9(13)6-14-7-10/h5-8,11H,2-4H2,1H3,(H,16,17). The number of sulfonamides is 1. The summed E-state index contributed by atoms with van der Waals surface area (Å²) in [5, 5.41) is 9.25. The molecule has 1 N–H and O–H groups in total. The van der Waals surface area contributed by atoms with E-state index < -0.39 is 27.9 Å². The molecule has 0 aromatic carbocycles. The highest BCUT2D eigenvalue weighted by Gasteiger charge is 2.41. The molecule has 1 fully saturated rings. The van der Waals surface area contributed by atoms with E-state index in [4.69, 9.17) is 0 Å². The fourth-order valence-corrected chi connectivity index (χ4v) is 4.15. The van der Waals surface area contributed by atoms with Crippen LogP contribution >= 0.6 is 0 Å². The van der Waals surface area contributed by atoms with E-state index in [2.05, 4.69) is 4.98 Å². The van der Waals surface area contributed by atoms with Gasteiger partial charge in [0, 0.05) is 12.7 Å².